The highest BCUT2D eigenvalue weighted by Gasteiger charge is 2.25. The first kappa shape index (κ1) is 30.6. The molecule has 3 aromatic rings. The molecule has 2 aromatic carbocycles. The number of hydrogen-bond donors (Lipinski definition) is 4. The number of aromatic nitrogens is 1. The van der Waals surface area contributed by atoms with Gasteiger partial charge in [0.2, 0.25) is 22.9 Å². The van der Waals surface area contributed by atoms with E-state index in [-0.39, 0.29) is 37.0 Å². The first-order valence-electron chi connectivity index (χ1n) is 12.8. The number of aryl methyl sites for hydroxylation is 1. The minimum atomic E-state index is -1.90. The second kappa shape index (κ2) is 14.5. The van der Waals surface area contributed by atoms with Gasteiger partial charge in [-0.3, -0.25) is 19.4 Å². The van der Waals surface area contributed by atoms with Crippen LogP contribution < -0.4 is 21.4 Å². The number of carbonyl (C=O) groups is 3. The maximum atomic E-state index is 12.9. The molecule has 2 atom stereocenters. The molecule has 0 saturated carbocycles. The van der Waals surface area contributed by atoms with Crippen LogP contribution in [0.1, 0.15) is 43.2 Å². The highest BCUT2D eigenvalue weighted by Crippen LogP contribution is 2.18. The van der Waals surface area contributed by atoms with E-state index in [0.29, 0.717) is 4.90 Å². The fourth-order valence-electron chi connectivity index (χ4n) is 3.58. The second-order valence-corrected chi connectivity index (χ2v) is 11.3. The minimum Gasteiger partial charge on any atom is -0.353 e. The molecule has 0 spiro atoms. The lowest BCUT2D eigenvalue weighted by Gasteiger charge is -2.23. The van der Waals surface area contributed by atoms with Crippen LogP contribution in [0.15, 0.2) is 77.8 Å². The molecule has 0 aliphatic rings. The monoisotopic (exact) mass is 565 g/mol. The van der Waals surface area contributed by atoms with Crippen molar-refractivity contribution in [1.82, 2.24) is 26.4 Å². The van der Waals surface area contributed by atoms with Crippen molar-refractivity contribution in [1.29, 1.82) is 0 Å². The molecule has 0 aliphatic heterocycles. The van der Waals surface area contributed by atoms with Gasteiger partial charge in [-0.25, -0.2) is 4.21 Å². The Morgan fingerprint density at radius 1 is 0.925 bits per heavy atom. The van der Waals surface area contributed by atoms with Gasteiger partial charge in [-0.15, -0.1) is 0 Å². The second-order valence-electron chi connectivity index (χ2n) is 10.1. The van der Waals surface area contributed by atoms with Gasteiger partial charge < -0.3 is 16.0 Å². The van der Waals surface area contributed by atoms with Crippen LogP contribution in [0.4, 0.5) is 0 Å². The third kappa shape index (κ3) is 9.99. The number of nitrogens with one attached hydrogen (secondary N) is 4. The largest absolute Gasteiger partial charge is 0.353 e. The summed E-state index contributed by atoms with van der Waals surface area (Å²) >= 11 is -1.90. The topological polar surface area (TPSA) is 139 Å². The van der Waals surface area contributed by atoms with Crippen molar-refractivity contribution in [3.63, 3.8) is 0 Å². The van der Waals surface area contributed by atoms with Gasteiger partial charge in [0.05, 0.1) is 11.3 Å². The Kier molecular flexibility index (Phi) is 11.1. The highest BCUT2D eigenvalue weighted by atomic mass is 32.2. The molecule has 10 nitrogen and oxygen atoms in total. The lowest BCUT2D eigenvalue weighted by Crippen LogP contribution is -2.50. The minimum absolute atomic E-state index is 0.0864. The van der Waals surface area contributed by atoms with Crippen LogP contribution in [0.5, 0.6) is 0 Å². The summed E-state index contributed by atoms with van der Waals surface area (Å²) in [6.45, 7) is 7.58. The molecule has 0 radical (unpaired) electrons. The van der Waals surface area contributed by atoms with Crippen LogP contribution in [0.2, 0.25) is 0 Å². The average Bonchev–Trinajstić information content (AvgIpc) is 2.93. The molecule has 3 amide bonds. The number of pyridine rings is 1. The molecule has 0 saturated heterocycles. The number of hydrogen-bond acceptors (Lipinski definition) is 7. The molecule has 1 unspecified atom stereocenters. The molecule has 4 N–H and O–H groups in total. The molecule has 3 rings (SSSR count). The maximum absolute atomic E-state index is 12.9. The summed E-state index contributed by atoms with van der Waals surface area (Å²) in [5.74, 6) is -1.32. The Labute approximate surface area is 236 Å². The Bertz CT molecular complexity index is 1330. The molecule has 212 valence electrons. The van der Waals surface area contributed by atoms with Crippen molar-refractivity contribution < 1.29 is 22.9 Å². The Morgan fingerprint density at radius 2 is 1.60 bits per heavy atom. The maximum Gasteiger partial charge on any atom is 0.269 e. The molecule has 0 aliphatic carbocycles. The Morgan fingerprint density at radius 3 is 2.27 bits per heavy atom. The first-order chi connectivity index (χ1) is 19.0. The predicted molar refractivity (Wildman–Crippen MR) is 153 cm³/mol. The first-order valence-corrected chi connectivity index (χ1v) is 13.9. The lowest BCUT2D eigenvalue weighted by molar-refractivity contribution is -0.131. The summed E-state index contributed by atoms with van der Waals surface area (Å²) < 4.78 is 17.8. The number of rotatable bonds is 12. The van der Waals surface area contributed by atoms with E-state index in [1.165, 1.54) is 0 Å². The number of benzene rings is 2. The number of nitrogens with zero attached hydrogens (tertiary/aromatic N) is 1. The third-order valence-corrected chi connectivity index (χ3v) is 6.41. The van der Waals surface area contributed by atoms with Crippen LogP contribution in [-0.2, 0) is 25.0 Å². The zero-order valence-electron chi connectivity index (χ0n) is 23.0. The molecule has 1 aromatic heterocycles. The predicted octanol–water partition coefficient (Wildman–Crippen LogP) is 2.82. The summed E-state index contributed by atoms with van der Waals surface area (Å²) in [5, 5.41) is 8.19. The fraction of sp³-hybridized carbons (Fsp3) is 0.310. The van der Waals surface area contributed by atoms with E-state index in [0.717, 1.165) is 16.7 Å². The number of amides is 3. The fourth-order valence-corrected chi connectivity index (χ4v) is 4.24. The van der Waals surface area contributed by atoms with Gasteiger partial charge in [-0.05, 0) is 63.1 Å². The molecular weight excluding hydrogens is 530 g/mol. The zero-order chi connectivity index (χ0) is 29.1. The average molecular weight is 566 g/mol. The van der Waals surface area contributed by atoms with E-state index in [1.807, 2.05) is 64.1 Å². The van der Waals surface area contributed by atoms with Crippen molar-refractivity contribution in [2.45, 2.75) is 50.6 Å². The van der Waals surface area contributed by atoms with Crippen molar-refractivity contribution in [2.24, 2.45) is 0 Å². The summed E-state index contributed by atoms with van der Waals surface area (Å²) in [6.07, 6.45) is 1.31. The summed E-state index contributed by atoms with van der Waals surface area (Å²) in [4.78, 5) is 42.6. The SMILES string of the molecule is Cc1ccc(S(=O)ON[C@@H](CC(=O)NC(C)(C)C)C(=O)NCCNC(=O)c2cc(-c3ccccc3)ccn2)cc1. The van der Waals surface area contributed by atoms with Crippen LogP contribution >= 0.6 is 0 Å². The Balaban J connectivity index is 1.54. The van der Waals surface area contributed by atoms with E-state index in [9.17, 15) is 18.6 Å². The van der Waals surface area contributed by atoms with E-state index in [4.69, 9.17) is 4.28 Å². The van der Waals surface area contributed by atoms with Crippen molar-refractivity contribution in [3.8, 4) is 11.1 Å². The number of hydroxylamine groups is 1. The molecule has 0 fully saturated rings. The molecule has 1 heterocycles. The van der Waals surface area contributed by atoms with Crippen LogP contribution in [0, 0.1) is 6.92 Å². The molecule has 40 heavy (non-hydrogen) atoms. The zero-order valence-corrected chi connectivity index (χ0v) is 23.8. The van der Waals surface area contributed by atoms with Crippen molar-refractivity contribution in [3.05, 3.63) is 84.2 Å². The Hall–Kier alpha value is -3.93. The number of carbonyl (C=O) groups excluding carboxylic acids is 3. The van der Waals surface area contributed by atoms with E-state index >= 15 is 0 Å². The molecular formula is C29H35N5O5S. The summed E-state index contributed by atoms with van der Waals surface area (Å²) in [7, 11) is 0. The lowest BCUT2D eigenvalue weighted by atomic mass is 10.1. The van der Waals surface area contributed by atoms with Gasteiger partial charge in [0.1, 0.15) is 11.7 Å². The summed E-state index contributed by atoms with van der Waals surface area (Å²) in [6, 6.07) is 18.9. The van der Waals surface area contributed by atoms with Gasteiger partial charge in [-0.2, -0.15) is 9.76 Å². The van der Waals surface area contributed by atoms with Gasteiger partial charge in [-0.1, -0.05) is 48.0 Å². The molecule has 0 bridgehead atoms. The van der Waals surface area contributed by atoms with Crippen LogP contribution in [-0.4, -0.2) is 51.6 Å². The van der Waals surface area contributed by atoms with Crippen LogP contribution in [0.25, 0.3) is 11.1 Å². The molecule has 11 heteroatoms. The third-order valence-electron chi connectivity index (χ3n) is 5.51. The van der Waals surface area contributed by atoms with Crippen LogP contribution in [0.3, 0.4) is 0 Å². The van der Waals surface area contributed by atoms with Gasteiger partial charge in [0.25, 0.3) is 5.91 Å². The normalized spacial score (nSPS) is 12.7. The van der Waals surface area contributed by atoms with E-state index in [1.54, 1.807) is 36.5 Å². The smallest absolute Gasteiger partial charge is 0.269 e. The van der Waals surface area contributed by atoms with Crippen molar-refractivity contribution in [2.75, 3.05) is 13.1 Å². The highest BCUT2D eigenvalue weighted by molar-refractivity contribution is 7.80. The summed E-state index contributed by atoms with van der Waals surface area (Å²) in [5.41, 5.74) is 5.05. The van der Waals surface area contributed by atoms with Gasteiger partial charge in [0.15, 0.2) is 0 Å². The van der Waals surface area contributed by atoms with Crippen molar-refractivity contribution >= 4 is 28.8 Å². The van der Waals surface area contributed by atoms with E-state index < -0.39 is 28.6 Å². The van der Waals surface area contributed by atoms with Gasteiger partial charge in [0, 0.05) is 24.8 Å². The van der Waals surface area contributed by atoms with E-state index in [2.05, 4.69) is 26.4 Å². The quantitative estimate of drug-likeness (QED) is 0.196. The standard InChI is InChI=1S/C29H35N5O5S/c1-20-10-12-23(13-11-20)40(38)39-34-25(19-26(35)33-29(2,3)4)28(37)32-17-16-31-27(36)24-18-22(14-15-30-24)21-8-6-5-7-9-21/h5-15,18,25,34H,16-17,19H2,1-4H3,(H,31,36)(H,32,37)(H,33,35)/t25-,40?/m0/s1. The van der Waals surface area contributed by atoms with Gasteiger partial charge >= 0.3 is 0 Å².